The van der Waals surface area contributed by atoms with Gasteiger partial charge in [0.2, 0.25) is 0 Å². The molecule has 3 unspecified atom stereocenters. The van der Waals surface area contributed by atoms with Crippen LogP contribution >= 0.6 is 11.8 Å². The minimum absolute atomic E-state index is 0.199. The highest BCUT2D eigenvalue weighted by Crippen LogP contribution is 2.25. The molecule has 0 saturated carbocycles. The zero-order chi connectivity index (χ0) is 13.0. The van der Waals surface area contributed by atoms with Gasteiger partial charge in [-0.2, -0.15) is 11.8 Å². The molecule has 0 spiro atoms. The SMILES string of the molecule is CSC(CO)C(C)NC1COCc2ccccc21. The smallest absolute Gasteiger partial charge is 0.0721 e. The van der Waals surface area contributed by atoms with E-state index in [1.54, 1.807) is 11.8 Å². The molecule has 0 radical (unpaired) electrons. The largest absolute Gasteiger partial charge is 0.395 e. The summed E-state index contributed by atoms with van der Waals surface area (Å²) in [4.78, 5) is 0. The second-order valence-corrected chi connectivity index (χ2v) is 5.76. The van der Waals surface area contributed by atoms with Crippen LogP contribution in [0.4, 0.5) is 0 Å². The number of rotatable bonds is 5. The Labute approximate surface area is 113 Å². The fourth-order valence-corrected chi connectivity index (χ4v) is 3.02. The number of fused-ring (bicyclic) bond motifs is 1. The molecular formula is C14H21NO2S. The van der Waals surface area contributed by atoms with Gasteiger partial charge in [0.1, 0.15) is 0 Å². The maximum absolute atomic E-state index is 9.33. The summed E-state index contributed by atoms with van der Waals surface area (Å²) in [5.41, 5.74) is 2.59. The number of thioether (sulfide) groups is 1. The van der Waals surface area contributed by atoms with Crippen LogP contribution in [0.25, 0.3) is 0 Å². The number of ether oxygens (including phenoxy) is 1. The maximum atomic E-state index is 9.33. The molecule has 2 N–H and O–H groups in total. The van der Waals surface area contributed by atoms with Crippen LogP contribution in [0.2, 0.25) is 0 Å². The highest BCUT2D eigenvalue weighted by molar-refractivity contribution is 7.99. The summed E-state index contributed by atoms with van der Waals surface area (Å²) in [5.74, 6) is 0. The monoisotopic (exact) mass is 267 g/mol. The molecular weight excluding hydrogens is 246 g/mol. The fourth-order valence-electron chi connectivity index (χ4n) is 2.38. The van der Waals surface area contributed by atoms with Crippen molar-refractivity contribution in [1.82, 2.24) is 5.32 Å². The van der Waals surface area contributed by atoms with Gasteiger partial charge in [-0.15, -0.1) is 0 Å². The van der Waals surface area contributed by atoms with Crippen LogP contribution in [0.15, 0.2) is 24.3 Å². The summed E-state index contributed by atoms with van der Waals surface area (Å²) in [7, 11) is 0. The standard InChI is InChI=1S/C14H21NO2S/c1-10(14(7-16)18-2)15-13-9-17-8-11-5-3-4-6-12(11)13/h3-6,10,13-16H,7-9H2,1-2H3. The molecule has 0 saturated heterocycles. The number of aliphatic hydroxyl groups is 1. The second kappa shape index (κ2) is 6.57. The Morgan fingerprint density at radius 2 is 2.28 bits per heavy atom. The molecule has 1 aliphatic rings. The molecule has 0 amide bonds. The van der Waals surface area contributed by atoms with Gasteiger partial charge in [0.25, 0.3) is 0 Å². The van der Waals surface area contributed by atoms with E-state index in [9.17, 15) is 5.11 Å². The van der Waals surface area contributed by atoms with Gasteiger partial charge in [0, 0.05) is 11.3 Å². The van der Waals surface area contributed by atoms with Crippen molar-refractivity contribution >= 4 is 11.8 Å². The molecule has 1 aromatic rings. The van der Waals surface area contributed by atoms with Gasteiger partial charge < -0.3 is 15.2 Å². The minimum atomic E-state index is 0.199. The summed E-state index contributed by atoms with van der Waals surface area (Å²) in [6.07, 6.45) is 2.03. The van der Waals surface area contributed by atoms with Crippen molar-refractivity contribution in [3.8, 4) is 0 Å². The third-order valence-corrected chi connectivity index (χ3v) is 4.64. The summed E-state index contributed by atoms with van der Waals surface area (Å²) in [6, 6.07) is 8.88. The van der Waals surface area contributed by atoms with Crippen LogP contribution in [0, 0.1) is 0 Å². The van der Waals surface area contributed by atoms with Gasteiger partial charge in [-0.05, 0) is 24.3 Å². The molecule has 0 aromatic heterocycles. The van der Waals surface area contributed by atoms with Crippen molar-refractivity contribution in [2.75, 3.05) is 19.5 Å². The van der Waals surface area contributed by atoms with E-state index < -0.39 is 0 Å². The van der Waals surface area contributed by atoms with Crippen LogP contribution in [0.3, 0.4) is 0 Å². The number of hydrogen-bond donors (Lipinski definition) is 2. The third-order valence-electron chi connectivity index (χ3n) is 3.48. The Balaban J connectivity index is 2.07. The number of nitrogens with one attached hydrogen (secondary N) is 1. The van der Waals surface area contributed by atoms with Crippen molar-refractivity contribution in [1.29, 1.82) is 0 Å². The van der Waals surface area contributed by atoms with Crippen molar-refractivity contribution in [3.05, 3.63) is 35.4 Å². The van der Waals surface area contributed by atoms with Crippen molar-refractivity contribution in [2.45, 2.75) is 30.9 Å². The predicted molar refractivity (Wildman–Crippen MR) is 75.8 cm³/mol. The van der Waals surface area contributed by atoms with Gasteiger partial charge >= 0.3 is 0 Å². The molecule has 3 atom stereocenters. The fraction of sp³-hybridized carbons (Fsp3) is 0.571. The molecule has 1 aliphatic heterocycles. The lowest BCUT2D eigenvalue weighted by Gasteiger charge is -2.31. The van der Waals surface area contributed by atoms with Gasteiger partial charge in [-0.25, -0.2) is 0 Å². The van der Waals surface area contributed by atoms with E-state index in [0.29, 0.717) is 13.2 Å². The first-order chi connectivity index (χ1) is 8.76. The zero-order valence-electron chi connectivity index (χ0n) is 10.9. The maximum Gasteiger partial charge on any atom is 0.0721 e. The minimum Gasteiger partial charge on any atom is -0.395 e. The average molecular weight is 267 g/mol. The number of aliphatic hydroxyl groups excluding tert-OH is 1. The van der Waals surface area contributed by atoms with Crippen LogP contribution in [0.1, 0.15) is 24.1 Å². The van der Waals surface area contributed by atoms with Crippen LogP contribution in [0.5, 0.6) is 0 Å². The van der Waals surface area contributed by atoms with Crippen molar-refractivity contribution < 1.29 is 9.84 Å². The average Bonchev–Trinajstić information content (AvgIpc) is 2.40. The molecule has 4 heteroatoms. The Hall–Kier alpha value is -0.550. The molecule has 0 aliphatic carbocycles. The first kappa shape index (κ1) is 13.9. The third kappa shape index (κ3) is 3.06. The lowest BCUT2D eigenvalue weighted by Crippen LogP contribution is -2.42. The highest BCUT2D eigenvalue weighted by atomic mass is 32.2. The highest BCUT2D eigenvalue weighted by Gasteiger charge is 2.24. The van der Waals surface area contributed by atoms with Gasteiger partial charge in [0.15, 0.2) is 0 Å². The van der Waals surface area contributed by atoms with E-state index in [4.69, 9.17) is 4.74 Å². The summed E-state index contributed by atoms with van der Waals surface area (Å²) in [5, 5.41) is 13.1. The topological polar surface area (TPSA) is 41.5 Å². The molecule has 3 nitrogen and oxygen atoms in total. The van der Waals surface area contributed by atoms with Crippen molar-refractivity contribution in [2.24, 2.45) is 0 Å². The summed E-state index contributed by atoms with van der Waals surface area (Å²) < 4.78 is 5.62. The van der Waals surface area contributed by atoms with Gasteiger partial charge in [0.05, 0.1) is 25.9 Å². The summed E-state index contributed by atoms with van der Waals surface area (Å²) >= 11 is 1.69. The lowest BCUT2D eigenvalue weighted by molar-refractivity contribution is 0.0781. The number of benzene rings is 1. The Morgan fingerprint density at radius 1 is 1.50 bits per heavy atom. The molecule has 100 valence electrons. The van der Waals surface area contributed by atoms with Crippen LogP contribution in [-0.4, -0.2) is 35.9 Å². The normalized spacial score (nSPS) is 22.3. The van der Waals surface area contributed by atoms with E-state index >= 15 is 0 Å². The number of hydrogen-bond acceptors (Lipinski definition) is 4. The van der Waals surface area contributed by atoms with E-state index in [-0.39, 0.29) is 23.9 Å². The molecule has 1 aromatic carbocycles. The van der Waals surface area contributed by atoms with E-state index in [2.05, 4.69) is 30.4 Å². The predicted octanol–water partition coefficient (Wildman–Crippen LogP) is 1.96. The van der Waals surface area contributed by atoms with E-state index in [0.717, 1.165) is 0 Å². The Morgan fingerprint density at radius 3 is 3.00 bits per heavy atom. The van der Waals surface area contributed by atoms with Crippen LogP contribution < -0.4 is 5.32 Å². The first-order valence-corrected chi connectivity index (χ1v) is 7.60. The zero-order valence-corrected chi connectivity index (χ0v) is 11.7. The molecule has 0 bridgehead atoms. The molecule has 0 fully saturated rings. The van der Waals surface area contributed by atoms with Gasteiger partial charge in [-0.3, -0.25) is 0 Å². The van der Waals surface area contributed by atoms with E-state index in [1.807, 2.05) is 12.3 Å². The molecule has 18 heavy (non-hydrogen) atoms. The first-order valence-electron chi connectivity index (χ1n) is 6.31. The Kier molecular flexibility index (Phi) is 5.06. The molecule has 2 rings (SSSR count). The second-order valence-electron chi connectivity index (χ2n) is 4.68. The lowest BCUT2D eigenvalue weighted by atomic mass is 9.98. The van der Waals surface area contributed by atoms with Crippen LogP contribution in [-0.2, 0) is 11.3 Å². The molecule has 1 heterocycles. The van der Waals surface area contributed by atoms with E-state index in [1.165, 1.54) is 11.1 Å². The Bertz CT molecular complexity index is 382. The quantitative estimate of drug-likeness (QED) is 0.856. The summed E-state index contributed by atoms with van der Waals surface area (Å²) in [6.45, 7) is 3.72. The van der Waals surface area contributed by atoms with Gasteiger partial charge in [-0.1, -0.05) is 24.3 Å². The van der Waals surface area contributed by atoms with Crippen molar-refractivity contribution in [3.63, 3.8) is 0 Å².